The molecule has 12 heteroatoms. The van der Waals surface area contributed by atoms with Crippen LogP contribution in [0.25, 0.3) is 0 Å². The number of carbonyl (C=O) groups excluding carboxylic acids is 3. The summed E-state index contributed by atoms with van der Waals surface area (Å²) in [5, 5.41) is 13.9. The van der Waals surface area contributed by atoms with Gasteiger partial charge in [0.05, 0.1) is 29.9 Å². The molecule has 0 aromatic heterocycles. The lowest BCUT2D eigenvalue weighted by atomic mass is 9.70. The summed E-state index contributed by atoms with van der Waals surface area (Å²) in [7, 11) is 0. The maximum atomic E-state index is 14.6. The van der Waals surface area contributed by atoms with Gasteiger partial charge in [0.2, 0.25) is 0 Å². The number of hydrogen-bond donors (Lipinski definition) is 1. The number of esters is 3. The van der Waals surface area contributed by atoms with E-state index < -0.39 is 65.7 Å². The summed E-state index contributed by atoms with van der Waals surface area (Å²) < 4.78 is 38.8. The quantitative estimate of drug-likeness (QED) is 0.171. The first-order chi connectivity index (χ1) is 28.6. The Morgan fingerprint density at radius 1 is 0.917 bits per heavy atom. The molecule has 1 aliphatic carbocycles. The Kier molecular flexibility index (Phi) is 13.5. The van der Waals surface area contributed by atoms with E-state index in [1.807, 2.05) is 26.0 Å². The standard InChI is InChI=1S/C48H56Cl2O10/c1-7-27(2)41-30(5)21-22-47(60-41)25-38-24-37(59-47)20-11-29(4)40(57-44(51)32-12-16-35(49)17-13-32)28(3)9-8-10-34-26-55-43-42(58-45(52)33-14-18-36(50)19-15-33)31(6)23-39(46(53)56-38)48(34,43)54/h8-19,23,27-28,30,37-43,54H,7,20-22,24-26H2,1-6H3/b9-8+,29-11+,34-10+/t27-,28-,30-,37+,38-,39-,40-,41+,42+,43+,47+,48+/m0/s1. The number of aliphatic hydroxyl groups is 1. The van der Waals surface area contributed by atoms with Gasteiger partial charge in [0.25, 0.3) is 0 Å². The normalized spacial score (nSPS) is 37.2. The van der Waals surface area contributed by atoms with Crippen molar-refractivity contribution in [2.75, 3.05) is 6.61 Å². The SMILES string of the molecule is CC[C@H](C)[C@H]1O[C@]2(CC[C@@H]1C)C[C@@H]1C[C@@H](C/C=C(\C)[C@@H](OC(=O)c3ccc(Cl)cc3)[C@@H](C)/C=C/C=C3\CO[C@@H]4[C@H](OC(=O)c5ccc(Cl)cc5)C(C)=C[C@@H](C(=O)O1)[C@]34O)O2. The molecule has 1 N–H and O–H groups in total. The predicted octanol–water partition coefficient (Wildman–Crippen LogP) is 9.57. The molecule has 0 amide bonds. The van der Waals surface area contributed by atoms with Crippen molar-refractivity contribution >= 4 is 41.1 Å². The zero-order valence-corrected chi connectivity index (χ0v) is 36.6. The van der Waals surface area contributed by atoms with Gasteiger partial charge in [-0.1, -0.05) is 87.7 Å². The van der Waals surface area contributed by atoms with Crippen LogP contribution >= 0.6 is 23.2 Å². The van der Waals surface area contributed by atoms with Gasteiger partial charge in [-0.05, 0) is 104 Å². The molecule has 10 nitrogen and oxygen atoms in total. The van der Waals surface area contributed by atoms with Crippen LogP contribution in [0, 0.1) is 23.7 Å². The van der Waals surface area contributed by atoms with Gasteiger partial charge in [-0.2, -0.15) is 0 Å². The Morgan fingerprint density at radius 3 is 2.18 bits per heavy atom. The van der Waals surface area contributed by atoms with Crippen LogP contribution in [0.4, 0.5) is 0 Å². The summed E-state index contributed by atoms with van der Waals surface area (Å²) in [5.74, 6) is -3.63. The lowest BCUT2D eigenvalue weighted by Gasteiger charge is -2.51. The highest BCUT2D eigenvalue weighted by atomic mass is 35.5. The van der Waals surface area contributed by atoms with Crippen molar-refractivity contribution in [3.05, 3.63) is 117 Å². The molecule has 5 aliphatic rings. The molecule has 3 saturated heterocycles. The van der Waals surface area contributed by atoms with E-state index in [-0.39, 0.29) is 30.1 Å². The first-order valence-electron chi connectivity index (χ1n) is 21.2. The topological polar surface area (TPSA) is 127 Å². The van der Waals surface area contributed by atoms with Crippen molar-refractivity contribution in [1.29, 1.82) is 0 Å². The third-order valence-electron chi connectivity index (χ3n) is 13.0. The van der Waals surface area contributed by atoms with E-state index in [9.17, 15) is 19.5 Å². The lowest BCUT2D eigenvalue weighted by molar-refractivity contribution is -0.340. The van der Waals surface area contributed by atoms with Gasteiger partial charge in [0, 0.05) is 35.2 Å². The van der Waals surface area contributed by atoms with Crippen molar-refractivity contribution in [3.8, 4) is 0 Å². The first kappa shape index (κ1) is 44.3. The Labute approximate surface area is 362 Å². The van der Waals surface area contributed by atoms with Crippen molar-refractivity contribution in [2.24, 2.45) is 23.7 Å². The minimum absolute atomic E-state index is 0.0421. The first-order valence-corrected chi connectivity index (χ1v) is 21.9. The Hall–Kier alpha value is -3.77. The zero-order valence-electron chi connectivity index (χ0n) is 35.1. The molecule has 4 heterocycles. The Morgan fingerprint density at radius 2 is 1.55 bits per heavy atom. The molecule has 60 heavy (non-hydrogen) atoms. The molecule has 4 aliphatic heterocycles. The highest BCUT2D eigenvalue weighted by molar-refractivity contribution is 6.31. The minimum atomic E-state index is -1.94. The number of fused-ring (bicyclic) bond motifs is 2. The van der Waals surface area contributed by atoms with Crippen molar-refractivity contribution in [2.45, 2.75) is 128 Å². The molecule has 0 unspecified atom stereocenters. The van der Waals surface area contributed by atoms with Crippen LogP contribution in [0.2, 0.25) is 10.0 Å². The van der Waals surface area contributed by atoms with Gasteiger partial charge in [-0.15, -0.1) is 0 Å². The van der Waals surface area contributed by atoms with E-state index >= 15 is 0 Å². The fourth-order valence-corrected chi connectivity index (χ4v) is 9.67. The van der Waals surface area contributed by atoms with Crippen LogP contribution in [0.3, 0.4) is 0 Å². The van der Waals surface area contributed by atoms with Crippen LogP contribution in [-0.4, -0.2) is 77.6 Å². The summed E-state index contributed by atoms with van der Waals surface area (Å²) in [6, 6.07) is 12.9. The van der Waals surface area contributed by atoms with Gasteiger partial charge in [0.15, 0.2) is 11.9 Å². The number of carbonyl (C=O) groups is 3. The average molecular weight is 864 g/mol. The van der Waals surface area contributed by atoms with Gasteiger partial charge < -0.3 is 33.5 Å². The van der Waals surface area contributed by atoms with Crippen molar-refractivity contribution < 1.29 is 47.9 Å². The van der Waals surface area contributed by atoms with Crippen molar-refractivity contribution in [1.82, 2.24) is 0 Å². The lowest BCUT2D eigenvalue weighted by Crippen LogP contribution is -2.59. The van der Waals surface area contributed by atoms with Gasteiger partial charge >= 0.3 is 17.9 Å². The molecule has 7 rings (SSSR count). The molecular weight excluding hydrogens is 807 g/mol. The number of halogens is 2. The van der Waals surface area contributed by atoms with Gasteiger partial charge in [-0.25, -0.2) is 9.59 Å². The summed E-state index contributed by atoms with van der Waals surface area (Å²) in [4.78, 5) is 41.6. The number of allylic oxidation sites excluding steroid dienone is 2. The van der Waals surface area contributed by atoms with E-state index in [0.717, 1.165) is 18.4 Å². The summed E-state index contributed by atoms with van der Waals surface area (Å²) in [6.07, 6.45) is 8.83. The predicted molar refractivity (Wildman–Crippen MR) is 227 cm³/mol. The fraction of sp³-hybridized carbons (Fsp3) is 0.521. The second-order valence-corrected chi connectivity index (χ2v) is 18.2. The maximum absolute atomic E-state index is 14.6. The number of hydrogen-bond acceptors (Lipinski definition) is 10. The second kappa shape index (κ2) is 18.3. The maximum Gasteiger partial charge on any atom is 0.338 e. The summed E-state index contributed by atoms with van der Waals surface area (Å²) in [5.41, 5.74) is 0.477. The highest BCUT2D eigenvalue weighted by Crippen LogP contribution is 2.48. The largest absolute Gasteiger partial charge is 0.462 e. The molecular formula is C48H56Cl2O10. The second-order valence-electron chi connectivity index (χ2n) is 17.4. The van der Waals surface area contributed by atoms with Crippen LogP contribution in [0.1, 0.15) is 101 Å². The smallest absolute Gasteiger partial charge is 0.338 e. The van der Waals surface area contributed by atoms with Gasteiger partial charge in [-0.3, -0.25) is 4.79 Å². The zero-order chi connectivity index (χ0) is 42.9. The van der Waals surface area contributed by atoms with E-state index in [1.165, 1.54) is 0 Å². The van der Waals surface area contributed by atoms with Crippen LogP contribution in [-0.2, 0) is 33.2 Å². The molecule has 1 spiro atoms. The molecule has 322 valence electrons. The number of ether oxygens (including phenoxy) is 6. The van der Waals surface area contributed by atoms with E-state index in [0.29, 0.717) is 58.4 Å². The minimum Gasteiger partial charge on any atom is -0.462 e. The monoisotopic (exact) mass is 862 g/mol. The van der Waals surface area contributed by atoms with E-state index in [4.69, 9.17) is 51.6 Å². The van der Waals surface area contributed by atoms with Crippen LogP contribution in [0.5, 0.6) is 0 Å². The third-order valence-corrected chi connectivity index (χ3v) is 13.5. The molecule has 0 radical (unpaired) electrons. The van der Waals surface area contributed by atoms with E-state index in [1.54, 1.807) is 73.7 Å². The Bertz CT molecular complexity index is 2040. The average Bonchev–Trinajstić information content (AvgIpc) is 3.56. The Balaban J connectivity index is 1.27. The third kappa shape index (κ3) is 9.20. The molecule has 12 atom stereocenters. The fourth-order valence-electron chi connectivity index (χ4n) is 9.42. The number of rotatable bonds is 6. The van der Waals surface area contributed by atoms with Crippen LogP contribution in [0.15, 0.2) is 95.6 Å². The molecule has 0 saturated carbocycles. The van der Waals surface area contributed by atoms with Crippen molar-refractivity contribution in [3.63, 3.8) is 0 Å². The summed E-state index contributed by atoms with van der Waals surface area (Å²) >= 11 is 12.2. The molecule has 2 bridgehead atoms. The highest BCUT2D eigenvalue weighted by Gasteiger charge is 2.61. The molecule has 3 fully saturated rings. The molecule has 2 aromatic rings. The summed E-state index contributed by atoms with van der Waals surface area (Å²) in [6.45, 7) is 12.2. The number of benzene rings is 2. The van der Waals surface area contributed by atoms with Gasteiger partial charge in [0.1, 0.15) is 29.8 Å². The van der Waals surface area contributed by atoms with Crippen LogP contribution < -0.4 is 0 Å². The van der Waals surface area contributed by atoms with E-state index in [2.05, 4.69) is 20.8 Å². The molecule has 2 aromatic carbocycles.